The van der Waals surface area contributed by atoms with Crippen LogP contribution in [-0.2, 0) is 6.54 Å². The highest BCUT2D eigenvalue weighted by atomic mass is 35.5. The molecule has 1 aliphatic rings. The predicted molar refractivity (Wildman–Crippen MR) is 70.1 cm³/mol. The van der Waals surface area contributed by atoms with Crippen LogP contribution in [0.25, 0.3) is 0 Å². The van der Waals surface area contributed by atoms with Gasteiger partial charge in [0.1, 0.15) is 0 Å². The van der Waals surface area contributed by atoms with Gasteiger partial charge in [-0.2, -0.15) is 0 Å². The first-order chi connectivity index (χ1) is 7.69. The van der Waals surface area contributed by atoms with Gasteiger partial charge in [-0.05, 0) is 32.2 Å². The highest BCUT2D eigenvalue weighted by Crippen LogP contribution is 2.23. The second-order valence-electron chi connectivity index (χ2n) is 4.92. The van der Waals surface area contributed by atoms with Gasteiger partial charge in [0.05, 0.1) is 12.2 Å². The lowest BCUT2D eigenvalue weighted by Gasteiger charge is -2.37. The number of aromatic nitrogens is 1. The molecule has 1 aliphatic heterocycles. The zero-order valence-electron chi connectivity index (χ0n) is 10.6. The molecule has 0 saturated carbocycles. The van der Waals surface area contributed by atoms with E-state index in [1.807, 2.05) is 13.0 Å². The summed E-state index contributed by atoms with van der Waals surface area (Å²) in [4.78, 5) is 2.42. The van der Waals surface area contributed by atoms with Crippen molar-refractivity contribution in [2.24, 2.45) is 11.7 Å². The average Bonchev–Trinajstić information content (AvgIpc) is 2.67. The number of hydrogen-bond acceptors (Lipinski definition) is 4. The number of piperidine rings is 1. The van der Waals surface area contributed by atoms with Gasteiger partial charge in [-0.1, -0.05) is 12.1 Å². The molecule has 0 aliphatic carbocycles. The number of hydrogen-bond donors (Lipinski definition) is 1. The average molecular weight is 260 g/mol. The van der Waals surface area contributed by atoms with Crippen LogP contribution in [0.4, 0.5) is 0 Å². The summed E-state index contributed by atoms with van der Waals surface area (Å²) >= 11 is 0. The maximum absolute atomic E-state index is 5.83. The van der Waals surface area contributed by atoms with Crippen molar-refractivity contribution in [3.63, 3.8) is 0 Å². The van der Waals surface area contributed by atoms with Gasteiger partial charge in [-0.25, -0.2) is 0 Å². The van der Waals surface area contributed by atoms with E-state index in [0.717, 1.165) is 37.0 Å². The van der Waals surface area contributed by atoms with Gasteiger partial charge in [-0.15, -0.1) is 12.4 Å². The van der Waals surface area contributed by atoms with Crippen molar-refractivity contribution in [2.45, 2.75) is 39.3 Å². The Morgan fingerprint density at radius 2 is 2.35 bits per heavy atom. The fourth-order valence-electron chi connectivity index (χ4n) is 2.44. The molecule has 1 saturated heterocycles. The highest BCUT2D eigenvalue weighted by Gasteiger charge is 2.25. The molecule has 4 nitrogen and oxygen atoms in total. The van der Waals surface area contributed by atoms with Gasteiger partial charge < -0.3 is 10.3 Å². The van der Waals surface area contributed by atoms with Crippen molar-refractivity contribution in [1.29, 1.82) is 0 Å². The lowest BCUT2D eigenvalue weighted by Crippen LogP contribution is -2.45. The van der Waals surface area contributed by atoms with Crippen LogP contribution in [0.3, 0.4) is 0 Å². The molecule has 1 aromatic heterocycles. The maximum atomic E-state index is 5.83. The van der Waals surface area contributed by atoms with Crippen LogP contribution in [-0.4, -0.2) is 29.2 Å². The van der Waals surface area contributed by atoms with Crippen molar-refractivity contribution in [3.8, 4) is 0 Å². The molecule has 2 atom stereocenters. The number of nitrogens with zero attached hydrogens (tertiary/aromatic N) is 2. The van der Waals surface area contributed by atoms with E-state index >= 15 is 0 Å². The number of likely N-dealkylation sites (tertiary alicyclic amines) is 1. The predicted octanol–water partition coefficient (Wildman–Crippen LogP) is 1.96. The van der Waals surface area contributed by atoms with Crippen molar-refractivity contribution in [3.05, 3.63) is 17.5 Å². The minimum atomic E-state index is 0. The van der Waals surface area contributed by atoms with E-state index in [1.54, 1.807) is 0 Å². The Kier molecular flexibility index (Phi) is 5.43. The Bertz CT molecular complexity index is 342. The first kappa shape index (κ1) is 14.5. The molecule has 0 spiro atoms. The summed E-state index contributed by atoms with van der Waals surface area (Å²) in [6, 6.07) is 2.50. The zero-order chi connectivity index (χ0) is 11.5. The Morgan fingerprint density at radius 1 is 1.59 bits per heavy atom. The second-order valence-corrected chi connectivity index (χ2v) is 4.92. The van der Waals surface area contributed by atoms with E-state index in [4.69, 9.17) is 10.3 Å². The van der Waals surface area contributed by atoms with Gasteiger partial charge in [0.25, 0.3) is 0 Å². The summed E-state index contributed by atoms with van der Waals surface area (Å²) in [6.07, 6.45) is 2.45. The Labute approximate surface area is 109 Å². The van der Waals surface area contributed by atoms with Crippen LogP contribution in [0.1, 0.15) is 31.2 Å². The standard InChI is InChI=1S/C12H21N3O.ClH/c1-9-3-4-15(11(5-9)7-13)8-12-6-10(2)14-16-12;/h6,9,11H,3-5,7-8,13H2,1-2H3;1H. The molecule has 98 valence electrons. The smallest absolute Gasteiger partial charge is 0.150 e. The van der Waals surface area contributed by atoms with Gasteiger partial charge in [-0.3, -0.25) is 4.90 Å². The molecular formula is C12H22ClN3O. The third kappa shape index (κ3) is 3.69. The molecule has 0 aromatic carbocycles. The van der Waals surface area contributed by atoms with Crippen LogP contribution >= 0.6 is 12.4 Å². The maximum Gasteiger partial charge on any atom is 0.150 e. The Morgan fingerprint density at radius 3 is 2.94 bits per heavy atom. The Hall–Kier alpha value is -0.580. The normalized spacial score (nSPS) is 25.6. The van der Waals surface area contributed by atoms with Gasteiger partial charge >= 0.3 is 0 Å². The molecule has 5 heteroatoms. The quantitative estimate of drug-likeness (QED) is 0.902. The number of aryl methyl sites for hydroxylation is 1. The summed E-state index contributed by atoms with van der Waals surface area (Å²) in [7, 11) is 0. The summed E-state index contributed by atoms with van der Waals surface area (Å²) in [6.45, 7) is 6.94. The van der Waals surface area contributed by atoms with E-state index in [2.05, 4.69) is 17.0 Å². The van der Waals surface area contributed by atoms with Crippen molar-refractivity contribution in [1.82, 2.24) is 10.1 Å². The molecule has 1 aromatic rings. The van der Waals surface area contributed by atoms with Crippen LogP contribution in [0.15, 0.2) is 10.6 Å². The van der Waals surface area contributed by atoms with Crippen LogP contribution in [0.2, 0.25) is 0 Å². The summed E-state index contributed by atoms with van der Waals surface area (Å²) in [5, 5.41) is 3.92. The van der Waals surface area contributed by atoms with Crippen molar-refractivity contribution < 1.29 is 4.52 Å². The second kappa shape index (κ2) is 6.38. The van der Waals surface area contributed by atoms with E-state index < -0.39 is 0 Å². The zero-order valence-corrected chi connectivity index (χ0v) is 11.4. The largest absolute Gasteiger partial charge is 0.360 e. The minimum absolute atomic E-state index is 0. The molecule has 2 N–H and O–H groups in total. The SMILES string of the molecule is Cc1cc(CN2CCC(C)CC2CN)on1.Cl. The number of rotatable bonds is 3. The molecule has 1 fully saturated rings. The highest BCUT2D eigenvalue weighted by molar-refractivity contribution is 5.85. The summed E-state index contributed by atoms with van der Waals surface area (Å²) in [5.74, 6) is 1.74. The lowest BCUT2D eigenvalue weighted by molar-refractivity contribution is 0.104. The molecule has 2 heterocycles. The third-order valence-electron chi connectivity index (χ3n) is 3.41. The topological polar surface area (TPSA) is 55.3 Å². The van der Waals surface area contributed by atoms with Gasteiger partial charge in [0.15, 0.2) is 5.76 Å². The summed E-state index contributed by atoms with van der Waals surface area (Å²) < 4.78 is 5.25. The van der Waals surface area contributed by atoms with E-state index in [-0.39, 0.29) is 12.4 Å². The third-order valence-corrected chi connectivity index (χ3v) is 3.41. The van der Waals surface area contributed by atoms with Crippen LogP contribution in [0.5, 0.6) is 0 Å². The molecule has 17 heavy (non-hydrogen) atoms. The fourth-order valence-corrected chi connectivity index (χ4v) is 2.44. The molecular weight excluding hydrogens is 238 g/mol. The molecule has 0 amide bonds. The molecule has 0 bridgehead atoms. The minimum Gasteiger partial charge on any atom is -0.360 e. The van der Waals surface area contributed by atoms with Gasteiger partial charge in [0, 0.05) is 18.7 Å². The van der Waals surface area contributed by atoms with Crippen LogP contribution in [0, 0.1) is 12.8 Å². The summed E-state index contributed by atoms with van der Waals surface area (Å²) in [5.41, 5.74) is 6.78. The van der Waals surface area contributed by atoms with E-state index in [9.17, 15) is 0 Å². The first-order valence-electron chi connectivity index (χ1n) is 6.05. The van der Waals surface area contributed by atoms with Crippen molar-refractivity contribution >= 4 is 12.4 Å². The number of nitrogens with two attached hydrogens (primary N) is 1. The van der Waals surface area contributed by atoms with E-state index in [0.29, 0.717) is 6.04 Å². The monoisotopic (exact) mass is 259 g/mol. The van der Waals surface area contributed by atoms with Crippen molar-refractivity contribution in [2.75, 3.05) is 13.1 Å². The Balaban J connectivity index is 0.00000144. The number of halogens is 1. The fraction of sp³-hybridized carbons (Fsp3) is 0.750. The molecule has 2 rings (SSSR count). The van der Waals surface area contributed by atoms with Crippen LogP contribution < -0.4 is 5.73 Å². The van der Waals surface area contributed by atoms with E-state index in [1.165, 1.54) is 12.8 Å². The first-order valence-corrected chi connectivity index (χ1v) is 6.05. The lowest BCUT2D eigenvalue weighted by atomic mass is 9.92. The molecule has 0 radical (unpaired) electrons. The van der Waals surface area contributed by atoms with Gasteiger partial charge in [0.2, 0.25) is 0 Å². The molecule has 2 unspecified atom stereocenters.